The van der Waals surface area contributed by atoms with Crippen molar-refractivity contribution < 1.29 is 4.79 Å². The fraction of sp³-hybridized carbons (Fsp3) is 0.200. The normalized spacial score (nSPS) is 9.69. The van der Waals surface area contributed by atoms with Crippen LogP contribution >= 0.6 is 35.4 Å². The SMILES string of the molecule is CCC(=O)NC(=S)Nc1ccc(Cl)c(Cl)c1. The Kier molecular flexibility index (Phi) is 4.99. The van der Waals surface area contributed by atoms with Crippen LogP contribution in [0.3, 0.4) is 0 Å². The van der Waals surface area contributed by atoms with Gasteiger partial charge >= 0.3 is 0 Å². The summed E-state index contributed by atoms with van der Waals surface area (Å²) in [5.74, 6) is -0.141. The molecule has 0 radical (unpaired) electrons. The first-order chi connectivity index (χ1) is 7.52. The topological polar surface area (TPSA) is 41.1 Å². The number of nitrogens with one attached hydrogen (secondary N) is 2. The fourth-order valence-electron chi connectivity index (χ4n) is 0.951. The summed E-state index contributed by atoms with van der Waals surface area (Å²) in [6.07, 6.45) is 0.378. The second kappa shape index (κ2) is 6.03. The number of anilines is 1. The van der Waals surface area contributed by atoms with Crippen LogP contribution in [0.15, 0.2) is 18.2 Å². The summed E-state index contributed by atoms with van der Waals surface area (Å²) in [6, 6.07) is 5.00. The highest BCUT2D eigenvalue weighted by Gasteiger charge is 2.03. The van der Waals surface area contributed by atoms with Crippen molar-refractivity contribution in [2.45, 2.75) is 13.3 Å². The number of amides is 1. The van der Waals surface area contributed by atoms with Crippen LogP contribution in [0.1, 0.15) is 13.3 Å². The molecule has 0 aliphatic carbocycles. The molecule has 0 aliphatic heterocycles. The lowest BCUT2D eigenvalue weighted by atomic mass is 10.3. The molecule has 16 heavy (non-hydrogen) atoms. The molecule has 0 saturated heterocycles. The number of thiocarbonyl (C=S) groups is 1. The summed E-state index contributed by atoms with van der Waals surface area (Å²) in [4.78, 5) is 11.0. The fourth-order valence-corrected chi connectivity index (χ4v) is 1.48. The zero-order chi connectivity index (χ0) is 12.1. The third-order valence-corrected chi connectivity index (χ3v) is 2.69. The highest BCUT2D eigenvalue weighted by atomic mass is 35.5. The number of carbonyl (C=O) groups is 1. The van der Waals surface area contributed by atoms with Crippen molar-refractivity contribution in [2.75, 3.05) is 5.32 Å². The van der Waals surface area contributed by atoms with E-state index < -0.39 is 0 Å². The molecule has 0 bridgehead atoms. The largest absolute Gasteiger partial charge is 0.332 e. The van der Waals surface area contributed by atoms with Crippen LogP contribution in [0, 0.1) is 0 Å². The van der Waals surface area contributed by atoms with Crippen LogP contribution in [-0.4, -0.2) is 11.0 Å². The van der Waals surface area contributed by atoms with Gasteiger partial charge in [-0.3, -0.25) is 4.79 Å². The Morgan fingerprint density at radius 3 is 2.62 bits per heavy atom. The average molecular weight is 277 g/mol. The second-order valence-electron chi connectivity index (χ2n) is 2.98. The minimum absolute atomic E-state index is 0.141. The molecule has 0 saturated carbocycles. The maximum atomic E-state index is 11.0. The molecule has 6 heteroatoms. The summed E-state index contributed by atoms with van der Waals surface area (Å²) in [5, 5.41) is 6.49. The van der Waals surface area contributed by atoms with Gasteiger partial charge in [0, 0.05) is 12.1 Å². The van der Waals surface area contributed by atoms with E-state index in [1.165, 1.54) is 0 Å². The molecule has 1 amide bonds. The smallest absolute Gasteiger partial charge is 0.225 e. The summed E-state index contributed by atoms with van der Waals surface area (Å²) < 4.78 is 0. The number of hydrogen-bond acceptors (Lipinski definition) is 2. The second-order valence-corrected chi connectivity index (χ2v) is 4.21. The van der Waals surface area contributed by atoms with Gasteiger partial charge in [-0.1, -0.05) is 30.1 Å². The maximum absolute atomic E-state index is 11.0. The molecule has 1 aromatic rings. The van der Waals surface area contributed by atoms with E-state index in [2.05, 4.69) is 10.6 Å². The summed E-state index contributed by atoms with van der Waals surface area (Å²) in [7, 11) is 0. The lowest BCUT2D eigenvalue weighted by Crippen LogP contribution is -2.33. The number of carbonyl (C=O) groups excluding carboxylic acids is 1. The summed E-state index contributed by atoms with van der Waals surface area (Å²) in [5.41, 5.74) is 0.677. The van der Waals surface area contributed by atoms with Crippen molar-refractivity contribution in [1.82, 2.24) is 5.32 Å². The molecular weight excluding hydrogens is 267 g/mol. The van der Waals surface area contributed by atoms with Gasteiger partial charge in [0.05, 0.1) is 10.0 Å². The predicted octanol–water partition coefficient (Wildman–Crippen LogP) is 3.22. The monoisotopic (exact) mass is 276 g/mol. The van der Waals surface area contributed by atoms with Crippen molar-refractivity contribution in [1.29, 1.82) is 0 Å². The Morgan fingerprint density at radius 1 is 1.38 bits per heavy atom. The number of hydrogen-bond donors (Lipinski definition) is 2. The van der Waals surface area contributed by atoms with Crippen LogP contribution in [0.25, 0.3) is 0 Å². The minimum Gasteiger partial charge on any atom is -0.332 e. The van der Waals surface area contributed by atoms with E-state index in [4.69, 9.17) is 35.4 Å². The van der Waals surface area contributed by atoms with Gasteiger partial charge in [0.1, 0.15) is 0 Å². The van der Waals surface area contributed by atoms with E-state index in [1.54, 1.807) is 25.1 Å². The van der Waals surface area contributed by atoms with Gasteiger partial charge < -0.3 is 10.6 Å². The van der Waals surface area contributed by atoms with Gasteiger partial charge in [0.25, 0.3) is 0 Å². The molecular formula is C10H10Cl2N2OS. The van der Waals surface area contributed by atoms with Crippen molar-refractivity contribution in [2.24, 2.45) is 0 Å². The van der Waals surface area contributed by atoms with E-state index in [1.807, 2.05) is 0 Å². The van der Waals surface area contributed by atoms with Gasteiger partial charge in [-0.2, -0.15) is 0 Å². The molecule has 1 aromatic carbocycles. The van der Waals surface area contributed by atoms with Gasteiger partial charge in [-0.15, -0.1) is 0 Å². The predicted molar refractivity (Wildman–Crippen MR) is 71.1 cm³/mol. The zero-order valence-electron chi connectivity index (χ0n) is 8.51. The van der Waals surface area contributed by atoms with Crippen LogP contribution in [0.4, 0.5) is 5.69 Å². The van der Waals surface area contributed by atoms with Gasteiger partial charge in [0.2, 0.25) is 5.91 Å². The minimum atomic E-state index is -0.141. The maximum Gasteiger partial charge on any atom is 0.225 e. The molecule has 0 atom stereocenters. The zero-order valence-corrected chi connectivity index (χ0v) is 10.8. The van der Waals surface area contributed by atoms with E-state index in [0.29, 0.717) is 22.2 Å². The molecule has 2 N–H and O–H groups in total. The Labute approximate surface area is 109 Å². The van der Waals surface area contributed by atoms with Gasteiger partial charge in [0.15, 0.2) is 5.11 Å². The van der Waals surface area contributed by atoms with E-state index in [-0.39, 0.29) is 11.0 Å². The lowest BCUT2D eigenvalue weighted by molar-refractivity contribution is -0.119. The molecule has 0 fully saturated rings. The van der Waals surface area contributed by atoms with Crippen molar-refractivity contribution in [3.8, 4) is 0 Å². The van der Waals surface area contributed by atoms with Crippen molar-refractivity contribution in [3.05, 3.63) is 28.2 Å². The highest BCUT2D eigenvalue weighted by molar-refractivity contribution is 7.80. The molecule has 1 rings (SSSR count). The van der Waals surface area contributed by atoms with Crippen molar-refractivity contribution in [3.63, 3.8) is 0 Å². The first-order valence-corrected chi connectivity index (χ1v) is 5.75. The first kappa shape index (κ1) is 13.2. The molecule has 0 aliphatic rings. The lowest BCUT2D eigenvalue weighted by Gasteiger charge is -2.09. The number of halogens is 2. The molecule has 86 valence electrons. The molecule has 0 heterocycles. The Hall–Kier alpha value is -0.840. The van der Waals surface area contributed by atoms with E-state index in [9.17, 15) is 4.79 Å². The van der Waals surface area contributed by atoms with E-state index in [0.717, 1.165) is 0 Å². The van der Waals surface area contributed by atoms with Gasteiger partial charge in [-0.05, 0) is 30.4 Å². The number of benzene rings is 1. The highest BCUT2D eigenvalue weighted by Crippen LogP contribution is 2.24. The Balaban J connectivity index is 2.63. The van der Waals surface area contributed by atoms with Gasteiger partial charge in [-0.25, -0.2) is 0 Å². The first-order valence-electron chi connectivity index (χ1n) is 4.58. The van der Waals surface area contributed by atoms with Crippen LogP contribution in [0.5, 0.6) is 0 Å². The van der Waals surface area contributed by atoms with Crippen molar-refractivity contribution >= 4 is 52.1 Å². The standard InChI is InChI=1S/C10H10Cl2N2OS/c1-2-9(15)14-10(16)13-6-3-4-7(11)8(12)5-6/h3-5H,2H2,1H3,(H2,13,14,15,16). The molecule has 0 unspecified atom stereocenters. The van der Waals surface area contributed by atoms with Crippen LogP contribution in [-0.2, 0) is 4.79 Å². The Morgan fingerprint density at radius 2 is 2.06 bits per heavy atom. The molecule has 0 aromatic heterocycles. The summed E-state index contributed by atoms with van der Waals surface area (Å²) >= 11 is 16.5. The van der Waals surface area contributed by atoms with Crippen LogP contribution in [0.2, 0.25) is 10.0 Å². The van der Waals surface area contributed by atoms with Crippen LogP contribution < -0.4 is 10.6 Å². The molecule has 3 nitrogen and oxygen atoms in total. The number of rotatable bonds is 2. The average Bonchev–Trinajstić information content (AvgIpc) is 2.23. The van der Waals surface area contributed by atoms with E-state index >= 15 is 0 Å². The Bertz CT molecular complexity index is 423. The molecule has 0 spiro atoms. The third kappa shape index (κ3) is 3.96. The quantitative estimate of drug-likeness (QED) is 0.815. The third-order valence-electron chi connectivity index (χ3n) is 1.75. The summed E-state index contributed by atoms with van der Waals surface area (Å²) in [6.45, 7) is 1.75.